The van der Waals surface area contributed by atoms with E-state index in [9.17, 15) is 31.5 Å². The number of halogens is 5. The minimum absolute atomic E-state index is 0.0225. The number of para-hydroxylation sites is 2. The molecule has 11 heteroatoms. The van der Waals surface area contributed by atoms with Gasteiger partial charge in [0.25, 0.3) is 5.91 Å². The lowest BCUT2D eigenvalue weighted by molar-refractivity contribution is -0.136. The number of anilines is 1. The molecule has 0 saturated carbocycles. The van der Waals surface area contributed by atoms with Crippen LogP contribution in [0.15, 0.2) is 57.7 Å². The Bertz CT molecular complexity index is 1130. The molecule has 0 spiro atoms. The van der Waals surface area contributed by atoms with E-state index in [-0.39, 0.29) is 28.2 Å². The number of carbonyl (C=O) groups is 1. The average molecular weight is 429 g/mol. The molecule has 3 aromatic rings. The molecular weight excluding hydrogens is 417 g/mol. The van der Waals surface area contributed by atoms with E-state index in [1.54, 1.807) is 0 Å². The number of nitrogens with one attached hydrogen (secondary N) is 1. The highest BCUT2D eigenvalue weighted by molar-refractivity contribution is 5.93. The van der Waals surface area contributed by atoms with Crippen LogP contribution in [0.25, 0.3) is 11.0 Å². The molecule has 0 aliphatic heterocycles. The van der Waals surface area contributed by atoms with Crippen molar-refractivity contribution in [3.63, 3.8) is 0 Å². The molecule has 30 heavy (non-hydrogen) atoms. The van der Waals surface area contributed by atoms with E-state index in [0.717, 1.165) is 12.1 Å². The Labute approximate surface area is 164 Å². The lowest BCUT2D eigenvalue weighted by Crippen LogP contribution is -2.21. The Hall–Kier alpha value is -3.63. The largest absolute Gasteiger partial charge is 0.484 e. The Balaban J connectivity index is 1.73. The molecule has 0 aliphatic rings. The van der Waals surface area contributed by atoms with Crippen molar-refractivity contribution in [1.82, 2.24) is 0 Å². The molecule has 0 radical (unpaired) electrons. The van der Waals surface area contributed by atoms with Crippen molar-refractivity contribution in [2.45, 2.75) is 12.8 Å². The van der Waals surface area contributed by atoms with Gasteiger partial charge in [-0.1, -0.05) is 12.1 Å². The van der Waals surface area contributed by atoms with Crippen LogP contribution in [0.3, 0.4) is 0 Å². The fourth-order valence-corrected chi connectivity index (χ4v) is 2.57. The molecule has 2 aromatic carbocycles. The summed E-state index contributed by atoms with van der Waals surface area (Å²) in [5, 5.41) is 1.97. The number of amides is 1. The smallest absolute Gasteiger partial charge is 0.417 e. The first-order valence-corrected chi connectivity index (χ1v) is 8.25. The summed E-state index contributed by atoms with van der Waals surface area (Å²) in [6, 6.07) is 9.06. The van der Waals surface area contributed by atoms with Gasteiger partial charge in [-0.3, -0.25) is 4.79 Å². The van der Waals surface area contributed by atoms with Gasteiger partial charge in [-0.2, -0.15) is 22.0 Å². The van der Waals surface area contributed by atoms with Crippen molar-refractivity contribution in [1.29, 1.82) is 0 Å². The maximum Gasteiger partial charge on any atom is 0.417 e. The highest BCUT2D eigenvalue weighted by atomic mass is 19.4. The van der Waals surface area contributed by atoms with Gasteiger partial charge in [0.15, 0.2) is 6.61 Å². The van der Waals surface area contributed by atoms with Gasteiger partial charge in [0.2, 0.25) is 0 Å². The zero-order valence-corrected chi connectivity index (χ0v) is 14.8. The molecule has 1 aromatic heterocycles. The predicted octanol–water partition coefficient (Wildman–Crippen LogP) is 4.43. The first kappa shape index (κ1) is 21.1. The van der Waals surface area contributed by atoms with Crippen molar-refractivity contribution < 1.29 is 40.6 Å². The van der Waals surface area contributed by atoms with Crippen LogP contribution in [0.4, 0.5) is 27.6 Å². The highest BCUT2D eigenvalue weighted by Crippen LogP contribution is 2.34. The van der Waals surface area contributed by atoms with Crippen molar-refractivity contribution >= 4 is 22.6 Å². The SMILES string of the molecule is O=C(COc1ccc2c(C(F)(F)F)cc(=O)oc2c1)Nc1ccccc1OC(F)F. The summed E-state index contributed by atoms with van der Waals surface area (Å²) in [5.74, 6) is -1.05. The molecule has 0 bridgehead atoms. The Morgan fingerprint density at radius 3 is 2.53 bits per heavy atom. The number of ether oxygens (including phenoxy) is 2. The van der Waals surface area contributed by atoms with E-state index in [0.29, 0.717) is 6.07 Å². The first-order valence-electron chi connectivity index (χ1n) is 8.25. The average Bonchev–Trinajstić information content (AvgIpc) is 2.66. The summed E-state index contributed by atoms with van der Waals surface area (Å²) in [7, 11) is 0. The van der Waals surface area contributed by atoms with Crippen LogP contribution in [-0.4, -0.2) is 19.1 Å². The van der Waals surface area contributed by atoms with Gasteiger partial charge >= 0.3 is 18.4 Å². The van der Waals surface area contributed by atoms with Crippen LogP contribution < -0.4 is 20.4 Å². The normalized spacial score (nSPS) is 11.5. The molecule has 0 fully saturated rings. The number of rotatable bonds is 6. The number of hydrogen-bond acceptors (Lipinski definition) is 5. The summed E-state index contributed by atoms with van der Waals surface area (Å²) in [4.78, 5) is 23.4. The number of benzene rings is 2. The fraction of sp³-hybridized carbons (Fsp3) is 0.158. The number of fused-ring (bicyclic) bond motifs is 1. The number of carbonyl (C=O) groups excluding carboxylic acids is 1. The van der Waals surface area contributed by atoms with E-state index in [1.807, 2.05) is 0 Å². The van der Waals surface area contributed by atoms with Crippen LogP contribution in [0.1, 0.15) is 5.56 Å². The Morgan fingerprint density at radius 2 is 1.83 bits per heavy atom. The molecular formula is C19H12F5NO5. The molecule has 1 amide bonds. The maximum atomic E-state index is 13.0. The zero-order valence-electron chi connectivity index (χ0n) is 14.8. The van der Waals surface area contributed by atoms with E-state index >= 15 is 0 Å². The van der Waals surface area contributed by atoms with Gasteiger partial charge in [0.05, 0.1) is 11.3 Å². The molecule has 6 nitrogen and oxygen atoms in total. The van der Waals surface area contributed by atoms with Crippen LogP contribution in [0, 0.1) is 0 Å². The van der Waals surface area contributed by atoms with E-state index < -0.39 is 36.5 Å². The van der Waals surface area contributed by atoms with Gasteiger partial charge in [-0.05, 0) is 24.3 Å². The molecule has 3 rings (SSSR count). The van der Waals surface area contributed by atoms with Crippen LogP contribution in [-0.2, 0) is 11.0 Å². The Kier molecular flexibility index (Phi) is 5.90. The quantitative estimate of drug-likeness (QED) is 0.463. The van der Waals surface area contributed by atoms with Crippen molar-refractivity contribution in [2.24, 2.45) is 0 Å². The van der Waals surface area contributed by atoms with Crippen LogP contribution >= 0.6 is 0 Å². The van der Waals surface area contributed by atoms with Gasteiger partial charge in [-0.25, -0.2) is 4.79 Å². The standard InChI is InChI=1S/C19H12F5NO5/c20-18(21)30-14-4-2-1-3-13(14)25-16(26)9-28-10-5-6-11-12(19(22,23)24)8-17(27)29-15(11)7-10/h1-8,18H,9H2,(H,25,26). The molecule has 0 unspecified atom stereocenters. The van der Waals surface area contributed by atoms with Crippen molar-refractivity contribution in [2.75, 3.05) is 11.9 Å². The zero-order chi connectivity index (χ0) is 21.9. The monoisotopic (exact) mass is 429 g/mol. The third-order valence-corrected chi connectivity index (χ3v) is 3.77. The van der Waals surface area contributed by atoms with E-state index in [2.05, 4.69) is 10.1 Å². The lowest BCUT2D eigenvalue weighted by atomic mass is 10.1. The summed E-state index contributed by atoms with van der Waals surface area (Å²) in [6.45, 7) is -3.69. The molecule has 0 aliphatic carbocycles. The second-order valence-corrected chi connectivity index (χ2v) is 5.85. The second-order valence-electron chi connectivity index (χ2n) is 5.85. The number of alkyl halides is 5. The molecule has 1 heterocycles. The summed E-state index contributed by atoms with van der Waals surface area (Å²) >= 11 is 0. The fourth-order valence-electron chi connectivity index (χ4n) is 2.57. The maximum absolute atomic E-state index is 13.0. The minimum Gasteiger partial charge on any atom is -0.484 e. The summed E-state index contributed by atoms with van der Waals surface area (Å²) in [5.41, 5.74) is -2.75. The third-order valence-electron chi connectivity index (χ3n) is 3.77. The summed E-state index contributed by atoms with van der Waals surface area (Å²) < 4.78 is 78.2. The van der Waals surface area contributed by atoms with Crippen LogP contribution in [0.2, 0.25) is 0 Å². The van der Waals surface area contributed by atoms with Crippen LogP contribution in [0.5, 0.6) is 11.5 Å². The molecule has 0 saturated heterocycles. The number of hydrogen-bond donors (Lipinski definition) is 1. The van der Waals surface area contributed by atoms with E-state index in [4.69, 9.17) is 9.15 Å². The summed E-state index contributed by atoms with van der Waals surface area (Å²) in [6.07, 6.45) is -4.76. The third kappa shape index (κ3) is 5.04. The van der Waals surface area contributed by atoms with Crippen molar-refractivity contribution in [3.05, 3.63) is 64.5 Å². The van der Waals surface area contributed by atoms with Gasteiger partial charge in [0.1, 0.15) is 17.1 Å². The second kappa shape index (κ2) is 8.39. The van der Waals surface area contributed by atoms with Gasteiger partial charge in [-0.15, -0.1) is 0 Å². The van der Waals surface area contributed by atoms with E-state index in [1.165, 1.54) is 30.3 Å². The van der Waals surface area contributed by atoms with Gasteiger partial charge < -0.3 is 19.2 Å². The first-order chi connectivity index (χ1) is 14.1. The van der Waals surface area contributed by atoms with Gasteiger partial charge in [0, 0.05) is 17.5 Å². The highest BCUT2D eigenvalue weighted by Gasteiger charge is 2.33. The lowest BCUT2D eigenvalue weighted by Gasteiger charge is -2.13. The Morgan fingerprint density at radius 1 is 1.10 bits per heavy atom. The predicted molar refractivity (Wildman–Crippen MR) is 94.7 cm³/mol. The molecule has 158 valence electrons. The minimum atomic E-state index is -4.76. The molecule has 0 atom stereocenters. The topological polar surface area (TPSA) is 77.8 Å². The van der Waals surface area contributed by atoms with Crippen molar-refractivity contribution in [3.8, 4) is 11.5 Å². The molecule has 1 N–H and O–H groups in total.